The van der Waals surface area contributed by atoms with Crippen molar-refractivity contribution in [3.63, 3.8) is 0 Å². The van der Waals surface area contributed by atoms with Gasteiger partial charge in [-0.3, -0.25) is 9.48 Å². The number of nitrogens with zero attached hydrogens (tertiary/aromatic N) is 2. The number of rotatable bonds is 5. The van der Waals surface area contributed by atoms with Crippen molar-refractivity contribution in [1.29, 1.82) is 0 Å². The molecule has 1 atom stereocenters. The Morgan fingerprint density at radius 1 is 1.11 bits per heavy atom. The van der Waals surface area contributed by atoms with Gasteiger partial charge in [-0.1, -0.05) is 50.1 Å². The molecule has 1 aliphatic heterocycles. The zero-order valence-electron chi connectivity index (χ0n) is 23.6. The molecule has 2 fully saturated rings. The van der Waals surface area contributed by atoms with E-state index in [1.807, 2.05) is 4.68 Å². The molecule has 2 heterocycles. The summed E-state index contributed by atoms with van der Waals surface area (Å²) in [5.41, 5.74) is 9.32. The van der Waals surface area contributed by atoms with E-state index in [2.05, 4.69) is 95.5 Å². The van der Waals surface area contributed by atoms with Gasteiger partial charge in [0.1, 0.15) is 0 Å². The molecule has 1 saturated carbocycles. The number of aryl methyl sites for hydroxylation is 4. The largest absolute Gasteiger partial charge is 0.379 e. The van der Waals surface area contributed by atoms with E-state index in [1.54, 1.807) is 12.5 Å². The summed E-state index contributed by atoms with van der Waals surface area (Å²) in [4.78, 5) is 9.87. The molecule has 1 saturated heterocycles. The number of Topliss-reactive ketones (excluding diaryl/α,β-unsaturated/α-hetero) is 1. The molecule has 0 radical (unpaired) electrons. The van der Waals surface area contributed by atoms with E-state index in [0.29, 0.717) is 12.0 Å². The highest BCUT2D eigenvalue weighted by molar-refractivity contribution is 5.93. The first-order chi connectivity index (χ1) is 17.0. The van der Waals surface area contributed by atoms with Crippen LogP contribution in [0.1, 0.15) is 92.4 Å². The summed E-state index contributed by atoms with van der Waals surface area (Å²) in [5.74, 6) is 6.09. The van der Waals surface area contributed by atoms with Crippen LogP contribution < -0.4 is 0 Å². The van der Waals surface area contributed by atoms with Crippen LogP contribution in [0, 0.1) is 45.5 Å². The lowest BCUT2D eigenvalue weighted by atomic mass is 9.98. The number of carbonyl (C=O) groups excluding carboxylic acids is 1. The van der Waals surface area contributed by atoms with Gasteiger partial charge in [-0.15, -0.1) is 0 Å². The Balaban J connectivity index is 0.000000218. The number of aromatic nitrogens is 2. The molecule has 0 N–H and O–H groups in total. The van der Waals surface area contributed by atoms with Crippen molar-refractivity contribution >= 4 is 11.9 Å². The second kappa shape index (κ2) is 14.0. The van der Waals surface area contributed by atoms with Crippen LogP contribution in [0.25, 0.3) is 6.08 Å². The van der Waals surface area contributed by atoms with Crippen molar-refractivity contribution in [2.75, 3.05) is 13.2 Å². The van der Waals surface area contributed by atoms with Crippen LogP contribution in [-0.2, 0) is 9.53 Å². The van der Waals surface area contributed by atoms with Crippen molar-refractivity contribution in [1.82, 2.24) is 9.78 Å². The van der Waals surface area contributed by atoms with Crippen molar-refractivity contribution in [2.45, 2.75) is 86.6 Å². The fourth-order valence-electron chi connectivity index (χ4n) is 3.95. The summed E-state index contributed by atoms with van der Waals surface area (Å²) >= 11 is 0. The van der Waals surface area contributed by atoms with Gasteiger partial charge < -0.3 is 4.74 Å². The predicted octanol–water partition coefficient (Wildman–Crippen LogP) is 7.47. The maximum Gasteiger partial charge on any atom is 0.202 e. The van der Waals surface area contributed by atoms with Crippen LogP contribution in [-0.4, -0.2) is 28.8 Å². The zero-order chi connectivity index (χ0) is 26.8. The summed E-state index contributed by atoms with van der Waals surface area (Å²) in [6.45, 7) is 21.8. The topological polar surface area (TPSA) is 44.1 Å². The second-order valence-corrected chi connectivity index (χ2v) is 10.3. The third kappa shape index (κ3) is 9.28. The molecule has 1 aromatic carbocycles. The second-order valence-electron chi connectivity index (χ2n) is 10.3. The predicted molar refractivity (Wildman–Crippen MR) is 151 cm³/mol. The third-order valence-corrected chi connectivity index (χ3v) is 6.63. The minimum atomic E-state index is -0.0718. The van der Waals surface area contributed by atoms with Gasteiger partial charge in [0.15, 0.2) is 0 Å². The van der Waals surface area contributed by atoms with E-state index < -0.39 is 0 Å². The summed E-state index contributed by atoms with van der Waals surface area (Å²) in [6, 6.07) is 5.10. The first-order valence-corrected chi connectivity index (χ1v) is 13.0. The van der Waals surface area contributed by atoms with E-state index in [4.69, 9.17) is 4.74 Å². The Labute approximate surface area is 218 Å². The Hall–Kier alpha value is -2.90. The third-order valence-electron chi connectivity index (χ3n) is 6.63. The normalized spacial score (nSPS) is 16.5. The van der Waals surface area contributed by atoms with Gasteiger partial charge in [0.2, 0.25) is 5.78 Å². The van der Waals surface area contributed by atoms with Crippen molar-refractivity contribution < 1.29 is 9.53 Å². The van der Waals surface area contributed by atoms with Crippen LogP contribution in [0.4, 0.5) is 0 Å². The van der Waals surface area contributed by atoms with Crippen LogP contribution in [0.15, 0.2) is 36.6 Å². The number of carbonyl (C=O) groups is 1. The fraction of sp³-hybridized carbons (Fsp3) is 0.500. The first-order valence-electron chi connectivity index (χ1n) is 13.0. The van der Waals surface area contributed by atoms with E-state index >= 15 is 0 Å². The van der Waals surface area contributed by atoms with Crippen molar-refractivity contribution in [3.8, 4) is 11.8 Å². The van der Waals surface area contributed by atoms with E-state index in [1.165, 1.54) is 42.0 Å². The van der Waals surface area contributed by atoms with Crippen molar-refractivity contribution in [3.05, 3.63) is 70.1 Å². The van der Waals surface area contributed by atoms with Gasteiger partial charge in [0, 0.05) is 19.7 Å². The van der Waals surface area contributed by atoms with E-state index in [-0.39, 0.29) is 5.78 Å². The SMILES string of the molecule is C=C(/C=C\c1nn(C2CCOC2)cc1C)C(C)C.CC#CC(C)=O.Cc1cc(C)c(C2CC2)cc1C. The molecule has 2 aliphatic rings. The summed E-state index contributed by atoms with van der Waals surface area (Å²) in [7, 11) is 0. The van der Waals surface area contributed by atoms with Crippen LogP contribution in [0.3, 0.4) is 0 Å². The van der Waals surface area contributed by atoms with Gasteiger partial charge >= 0.3 is 0 Å². The van der Waals surface area contributed by atoms with E-state index in [0.717, 1.165) is 36.8 Å². The molecule has 0 bridgehead atoms. The monoisotopic (exact) mass is 488 g/mol. The Morgan fingerprint density at radius 3 is 2.28 bits per heavy atom. The number of benzene rings is 1. The van der Waals surface area contributed by atoms with Gasteiger partial charge in [0.05, 0.1) is 18.3 Å². The zero-order valence-corrected chi connectivity index (χ0v) is 23.6. The number of ketones is 1. The van der Waals surface area contributed by atoms with Crippen LogP contribution in [0.5, 0.6) is 0 Å². The van der Waals surface area contributed by atoms with Gasteiger partial charge in [-0.05, 0) is 106 Å². The molecule has 4 nitrogen and oxygen atoms in total. The van der Waals surface area contributed by atoms with Gasteiger partial charge in [-0.2, -0.15) is 5.10 Å². The molecule has 0 spiro atoms. The molecular weight excluding hydrogens is 444 g/mol. The quantitative estimate of drug-likeness (QED) is 0.249. The molecule has 194 valence electrons. The number of hydrogen-bond donors (Lipinski definition) is 0. The van der Waals surface area contributed by atoms with Crippen LogP contribution in [0.2, 0.25) is 0 Å². The Bertz CT molecular complexity index is 1130. The molecule has 1 aromatic heterocycles. The summed E-state index contributed by atoms with van der Waals surface area (Å²) < 4.78 is 7.44. The molecular formula is C32H44N2O2. The smallest absolute Gasteiger partial charge is 0.202 e. The highest BCUT2D eigenvalue weighted by Crippen LogP contribution is 2.42. The number of hydrogen-bond acceptors (Lipinski definition) is 3. The standard InChI is InChI=1S/C15H22N2O.C12H16.C5H6O/c1-11(2)12(3)5-6-15-13(4)9-17(16-15)14-7-8-18-10-14;1-8-6-10(3)12(7-9(8)2)11-4-5-11;1-3-4-5(2)6/h5-6,9,11,14H,3,7-8,10H2,1-2,4H3;6-7,11H,4-5H2,1-3H3;1-2H3/b6-5-;;. The molecule has 36 heavy (non-hydrogen) atoms. The van der Waals surface area contributed by atoms with Crippen molar-refractivity contribution in [2.24, 2.45) is 5.92 Å². The minimum Gasteiger partial charge on any atom is -0.379 e. The highest BCUT2D eigenvalue weighted by atomic mass is 16.5. The molecule has 4 rings (SSSR count). The number of ether oxygens (including phenoxy) is 1. The first kappa shape index (κ1) is 29.3. The molecule has 1 aliphatic carbocycles. The summed E-state index contributed by atoms with van der Waals surface area (Å²) in [5, 5.41) is 4.63. The lowest BCUT2D eigenvalue weighted by molar-refractivity contribution is -0.111. The van der Waals surface area contributed by atoms with Crippen LogP contribution >= 0.6 is 0 Å². The maximum absolute atomic E-state index is 9.87. The Kier molecular flexibility index (Phi) is 11.4. The fourth-order valence-corrected chi connectivity index (χ4v) is 3.95. The average Bonchev–Trinajstić information content (AvgIpc) is 3.36. The lowest BCUT2D eigenvalue weighted by Gasteiger charge is -2.08. The molecule has 0 amide bonds. The molecule has 1 unspecified atom stereocenters. The molecule has 2 aromatic rings. The maximum atomic E-state index is 9.87. The number of allylic oxidation sites excluding steroid dienone is 2. The van der Waals surface area contributed by atoms with Gasteiger partial charge in [0.25, 0.3) is 0 Å². The lowest BCUT2D eigenvalue weighted by Crippen LogP contribution is -2.08. The highest BCUT2D eigenvalue weighted by Gasteiger charge is 2.25. The minimum absolute atomic E-state index is 0.0718. The summed E-state index contributed by atoms with van der Waals surface area (Å²) in [6.07, 6.45) is 10.1. The van der Waals surface area contributed by atoms with E-state index in [9.17, 15) is 4.79 Å². The van der Waals surface area contributed by atoms with Gasteiger partial charge in [-0.25, -0.2) is 0 Å². The average molecular weight is 489 g/mol. The Morgan fingerprint density at radius 2 is 1.78 bits per heavy atom. The molecule has 4 heteroatoms.